The second kappa shape index (κ2) is 4.86. The molecular formula is C14H27N. The number of hydrogen-bond acceptors (Lipinski definition) is 1. The minimum atomic E-state index is 0.746. The molecule has 2 saturated carbocycles. The van der Waals surface area contributed by atoms with Crippen molar-refractivity contribution in [1.29, 1.82) is 0 Å². The Bertz CT molecular complexity index is 198. The maximum Gasteiger partial charge on any atom is 0.00977 e. The molecule has 4 atom stereocenters. The van der Waals surface area contributed by atoms with E-state index in [4.69, 9.17) is 0 Å². The van der Waals surface area contributed by atoms with Gasteiger partial charge >= 0.3 is 0 Å². The topological polar surface area (TPSA) is 12.0 Å². The molecule has 0 radical (unpaired) electrons. The lowest BCUT2D eigenvalue weighted by Gasteiger charge is -2.36. The van der Waals surface area contributed by atoms with E-state index in [0.29, 0.717) is 0 Å². The van der Waals surface area contributed by atoms with Gasteiger partial charge in [-0.25, -0.2) is 0 Å². The number of nitrogens with one attached hydrogen (secondary N) is 1. The molecule has 0 aromatic carbocycles. The fraction of sp³-hybridized carbons (Fsp3) is 1.00. The first-order valence-electron chi connectivity index (χ1n) is 6.93. The molecule has 0 aliphatic heterocycles. The number of hydrogen-bond donors (Lipinski definition) is 1. The molecule has 88 valence electrons. The summed E-state index contributed by atoms with van der Waals surface area (Å²) in [6.07, 6.45) is 8.67. The fourth-order valence-corrected chi connectivity index (χ4v) is 3.10. The van der Waals surface area contributed by atoms with E-state index in [2.05, 4.69) is 26.1 Å². The van der Waals surface area contributed by atoms with Crippen LogP contribution in [0.25, 0.3) is 0 Å². The molecule has 0 bridgehead atoms. The van der Waals surface area contributed by atoms with Gasteiger partial charge in [0.1, 0.15) is 0 Å². The Labute approximate surface area is 95.0 Å². The molecule has 2 fully saturated rings. The Morgan fingerprint density at radius 2 is 1.87 bits per heavy atom. The SMILES string of the molecule is CC(CC1CC1)NC1CCCC(C)C1C. The molecule has 1 nitrogen and oxygen atoms in total. The van der Waals surface area contributed by atoms with E-state index < -0.39 is 0 Å². The lowest BCUT2D eigenvalue weighted by Crippen LogP contribution is -2.44. The fourth-order valence-electron chi connectivity index (χ4n) is 3.10. The molecule has 0 heterocycles. The highest BCUT2D eigenvalue weighted by atomic mass is 15.0. The molecule has 2 aliphatic carbocycles. The summed E-state index contributed by atoms with van der Waals surface area (Å²) < 4.78 is 0. The van der Waals surface area contributed by atoms with Crippen LogP contribution < -0.4 is 5.32 Å². The first kappa shape index (κ1) is 11.4. The van der Waals surface area contributed by atoms with Crippen molar-refractivity contribution in [3.8, 4) is 0 Å². The van der Waals surface area contributed by atoms with Gasteiger partial charge in [-0.3, -0.25) is 0 Å². The van der Waals surface area contributed by atoms with Gasteiger partial charge in [0.05, 0.1) is 0 Å². The Balaban J connectivity index is 1.75. The largest absolute Gasteiger partial charge is 0.311 e. The molecule has 0 aromatic rings. The molecule has 1 heteroatoms. The second-order valence-electron chi connectivity index (χ2n) is 6.12. The molecule has 0 spiro atoms. The molecular weight excluding hydrogens is 182 g/mol. The van der Waals surface area contributed by atoms with Gasteiger partial charge in [-0.15, -0.1) is 0 Å². The van der Waals surface area contributed by atoms with Gasteiger partial charge < -0.3 is 5.32 Å². The predicted molar refractivity (Wildman–Crippen MR) is 65.9 cm³/mol. The summed E-state index contributed by atoms with van der Waals surface area (Å²) in [6, 6.07) is 1.54. The van der Waals surface area contributed by atoms with E-state index >= 15 is 0 Å². The molecule has 0 saturated heterocycles. The predicted octanol–water partition coefficient (Wildman–Crippen LogP) is 3.59. The van der Waals surface area contributed by atoms with Crippen LogP contribution in [0.4, 0.5) is 0 Å². The highest BCUT2D eigenvalue weighted by Gasteiger charge is 2.29. The zero-order valence-electron chi connectivity index (χ0n) is 10.6. The van der Waals surface area contributed by atoms with Crippen molar-refractivity contribution < 1.29 is 0 Å². The smallest absolute Gasteiger partial charge is 0.00977 e. The zero-order chi connectivity index (χ0) is 10.8. The first-order valence-corrected chi connectivity index (χ1v) is 6.93. The molecule has 2 rings (SSSR count). The van der Waals surface area contributed by atoms with Gasteiger partial charge in [-0.05, 0) is 37.5 Å². The number of rotatable bonds is 4. The summed E-state index contributed by atoms with van der Waals surface area (Å²) in [6.45, 7) is 7.24. The van der Waals surface area contributed by atoms with Gasteiger partial charge in [-0.1, -0.05) is 39.5 Å². The van der Waals surface area contributed by atoms with Crippen LogP contribution in [0.3, 0.4) is 0 Å². The van der Waals surface area contributed by atoms with Crippen LogP contribution in [0.5, 0.6) is 0 Å². The van der Waals surface area contributed by atoms with E-state index in [1.54, 1.807) is 0 Å². The Kier molecular flexibility index (Phi) is 3.71. The Morgan fingerprint density at radius 1 is 1.13 bits per heavy atom. The zero-order valence-corrected chi connectivity index (χ0v) is 10.6. The average molecular weight is 209 g/mol. The quantitative estimate of drug-likeness (QED) is 0.746. The lowest BCUT2D eigenvalue weighted by molar-refractivity contribution is 0.193. The highest BCUT2D eigenvalue weighted by Crippen LogP contribution is 2.34. The summed E-state index contributed by atoms with van der Waals surface area (Å²) in [5.74, 6) is 2.86. The van der Waals surface area contributed by atoms with Crippen molar-refractivity contribution in [2.24, 2.45) is 17.8 Å². The van der Waals surface area contributed by atoms with E-state index in [-0.39, 0.29) is 0 Å². The minimum absolute atomic E-state index is 0.746. The third kappa shape index (κ3) is 3.21. The lowest BCUT2D eigenvalue weighted by atomic mass is 9.78. The molecule has 0 amide bonds. The van der Waals surface area contributed by atoms with Gasteiger partial charge in [-0.2, -0.15) is 0 Å². The average Bonchev–Trinajstić information content (AvgIpc) is 2.97. The molecule has 0 aromatic heterocycles. The third-order valence-corrected chi connectivity index (χ3v) is 4.59. The van der Waals surface area contributed by atoms with Crippen LogP contribution in [0.1, 0.15) is 59.3 Å². The van der Waals surface area contributed by atoms with Crippen LogP contribution >= 0.6 is 0 Å². The van der Waals surface area contributed by atoms with Crippen molar-refractivity contribution in [2.75, 3.05) is 0 Å². The van der Waals surface area contributed by atoms with Crippen LogP contribution in [0.2, 0.25) is 0 Å². The van der Waals surface area contributed by atoms with Crippen molar-refractivity contribution in [3.05, 3.63) is 0 Å². The van der Waals surface area contributed by atoms with Gasteiger partial charge in [0, 0.05) is 12.1 Å². The summed E-state index contributed by atoms with van der Waals surface area (Å²) in [5.41, 5.74) is 0. The van der Waals surface area contributed by atoms with Crippen molar-refractivity contribution in [1.82, 2.24) is 5.32 Å². The molecule has 4 unspecified atom stereocenters. The minimum Gasteiger partial charge on any atom is -0.311 e. The van der Waals surface area contributed by atoms with Crippen molar-refractivity contribution in [3.63, 3.8) is 0 Å². The first-order chi connectivity index (χ1) is 7.16. The van der Waals surface area contributed by atoms with Crippen LogP contribution in [0.15, 0.2) is 0 Å². The standard InChI is InChI=1S/C14H27N/c1-10-5-4-6-14(12(10)3)15-11(2)9-13-7-8-13/h10-15H,4-9H2,1-3H3. The van der Waals surface area contributed by atoms with Crippen LogP contribution in [0, 0.1) is 17.8 Å². The van der Waals surface area contributed by atoms with Gasteiger partial charge in [0.25, 0.3) is 0 Å². The van der Waals surface area contributed by atoms with Crippen molar-refractivity contribution >= 4 is 0 Å². The monoisotopic (exact) mass is 209 g/mol. The van der Waals surface area contributed by atoms with Crippen LogP contribution in [-0.4, -0.2) is 12.1 Å². The summed E-state index contributed by atoms with van der Waals surface area (Å²) in [5, 5.41) is 3.87. The van der Waals surface area contributed by atoms with E-state index in [1.807, 2.05) is 0 Å². The van der Waals surface area contributed by atoms with E-state index in [1.165, 1.54) is 38.5 Å². The molecule has 15 heavy (non-hydrogen) atoms. The maximum absolute atomic E-state index is 3.87. The van der Waals surface area contributed by atoms with Gasteiger partial charge in [0.2, 0.25) is 0 Å². The summed E-state index contributed by atoms with van der Waals surface area (Å²) in [7, 11) is 0. The van der Waals surface area contributed by atoms with E-state index in [9.17, 15) is 0 Å². The molecule has 2 aliphatic rings. The molecule has 1 N–H and O–H groups in total. The summed E-state index contributed by atoms with van der Waals surface area (Å²) >= 11 is 0. The summed E-state index contributed by atoms with van der Waals surface area (Å²) in [4.78, 5) is 0. The van der Waals surface area contributed by atoms with Gasteiger partial charge in [0.15, 0.2) is 0 Å². The van der Waals surface area contributed by atoms with Crippen molar-refractivity contribution in [2.45, 2.75) is 71.4 Å². The third-order valence-electron chi connectivity index (χ3n) is 4.59. The highest BCUT2D eigenvalue weighted by molar-refractivity contribution is 4.86. The maximum atomic E-state index is 3.87. The Hall–Kier alpha value is -0.0400. The second-order valence-corrected chi connectivity index (χ2v) is 6.12. The van der Waals surface area contributed by atoms with E-state index in [0.717, 1.165) is 29.8 Å². The Morgan fingerprint density at radius 3 is 2.53 bits per heavy atom. The normalized spacial score (nSPS) is 39.0. The van der Waals surface area contributed by atoms with Crippen LogP contribution in [-0.2, 0) is 0 Å².